The maximum absolute atomic E-state index is 13.3. The largest absolute Gasteiger partial charge is 0.496 e. The lowest BCUT2D eigenvalue weighted by Gasteiger charge is -2.22. The van der Waals surface area contributed by atoms with Crippen molar-refractivity contribution in [2.75, 3.05) is 32.2 Å². The van der Waals surface area contributed by atoms with Gasteiger partial charge in [0.25, 0.3) is 5.56 Å². The number of nitrogens with zero attached hydrogens (tertiary/aromatic N) is 4. The van der Waals surface area contributed by atoms with Crippen molar-refractivity contribution < 1.29 is 9.47 Å². The lowest BCUT2D eigenvalue weighted by molar-refractivity contribution is 0.127. The molecule has 194 valence electrons. The molecule has 0 spiro atoms. The molecule has 2 heterocycles. The fraction of sp³-hybridized carbons (Fsp3) is 0.414. The van der Waals surface area contributed by atoms with E-state index in [4.69, 9.17) is 19.6 Å². The number of hydrogen-bond donors (Lipinski definition) is 1. The summed E-state index contributed by atoms with van der Waals surface area (Å²) in [5.74, 6) is 1.13. The Hall–Kier alpha value is -3.65. The number of ether oxygens (including phenoxy) is 2. The lowest BCUT2D eigenvalue weighted by atomic mass is 9.95. The minimum Gasteiger partial charge on any atom is -0.496 e. The zero-order valence-electron chi connectivity index (χ0n) is 21.9. The average molecular weight is 502 g/mol. The SMILES string of the molecule is COc1cc(N(C)CCOCc2ccccc2)ccc1-c1nc2c(C)nn(C3CCCCC3)c2c(=O)[nH]1. The highest BCUT2D eigenvalue weighted by Crippen LogP contribution is 2.33. The van der Waals surface area contributed by atoms with Gasteiger partial charge in [-0.05, 0) is 37.5 Å². The highest BCUT2D eigenvalue weighted by molar-refractivity contribution is 5.80. The number of aromatic amines is 1. The second kappa shape index (κ2) is 11.2. The van der Waals surface area contributed by atoms with Gasteiger partial charge in [0, 0.05) is 25.3 Å². The number of hydrogen-bond acceptors (Lipinski definition) is 6. The van der Waals surface area contributed by atoms with Gasteiger partial charge >= 0.3 is 0 Å². The molecular formula is C29H35N5O3. The fourth-order valence-electron chi connectivity index (χ4n) is 5.12. The lowest BCUT2D eigenvalue weighted by Crippen LogP contribution is -2.22. The normalized spacial score (nSPS) is 14.2. The van der Waals surface area contributed by atoms with E-state index in [2.05, 4.69) is 22.0 Å². The summed E-state index contributed by atoms with van der Waals surface area (Å²) in [6, 6.07) is 16.3. The molecular weight excluding hydrogens is 466 g/mol. The number of H-pyrrole nitrogens is 1. The predicted molar refractivity (Wildman–Crippen MR) is 146 cm³/mol. The molecule has 1 N–H and O–H groups in total. The predicted octanol–water partition coefficient (Wildman–Crippen LogP) is 5.26. The van der Waals surface area contributed by atoms with Crippen LogP contribution in [0.1, 0.15) is 49.4 Å². The van der Waals surface area contributed by atoms with Crippen molar-refractivity contribution in [2.24, 2.45) is 0 Å². The van der Waals surface area contributed by atoms with Crippen LogP contribution in [0, 0.1) is 6.92 Å². The van der Waals surface area contributed by atoms with Crippen molar-refractivity contribution in [3.63, 3.8) is 0 Å². The summed E-state index contributed by atoms with van der Waals surface area (Å²) in [5.41, 5.74) is 4.73. The van der Waals surface area contributed by atoms with Crippen LogP contribution >= 0.6 is 0 Å². The number of likely N-dealkylation sites (N-methyl/N-ethyl adjacent to an activating group) is 1. The molecule has 8 nitrogen and oxygen atoms in total. The first-order chi connectivity index (χ1) is 18.0. The van der Waals surface area contributed by atoms with Crippen LogP contribution in [0.4, 0.5) is 5.69 Å². The monoisotopic (exact) mass is 501 g/mol. The van der Waals surface area contributed by atoms with Gasteiger partial charge in [0.15, 0.2) is 5.52 Å². The van der Waals surface area contributed by atoms with Crippen LogP contribution in [0.3, 0.4) is 0 Å². The zero-order valence-corrected chi connectivity index (χ0v) is 21.9. The maximum Gasteiger partial charge on any atom is 0.277 e. The molecule has 0 unspecified atom stereocenters. The van der Waals surface area contributed by atoms with E-state index in [1.165, 1.54) is 19.3 Å². The molecule has 0 amide bonds. The minimum atomic E-state index is -0.162. The van der Waals surface area contributed by atoms with E-state index in [-0.39, 0.29) is 11.6 Å². The summed E-state index contributed by atoms with van der Waals surface area (Å²) in [6.45, 7) is 3.85. The average Bonchev–Trinajstić information content (AvgIpc) is 3.28. The third kappa shape index (κ3) is 5.39. The Morgan fingerprint density at radius 1 is 1.11 bits per heavy atom. The van der Waals surface area contributed by atoms with Crippen LogP contribution < -0.4 is 15.2 Å². The summed E-state index contributed by atoms with van der Waals surface area (Å²) in [4.78, 5) is 23.2. The first-order valence-corrected chi connectivity index (χ1v) is 13.1. The molecule has 0 saturated heterocycles. The maximum atomic E-state index is 13.3. The van der Waals surface area contributed by atoms with Crippen LogP contribution in [0.2, 0.25) is 0 Å². The number of aryl methyl sites for hydroxylation is 1. The van der Waals surface area contributed by atoms with Gasteiger partial charge in [-0.25, -0.2) is 4.98 Å². The minimum absolute atomic E-state index is 0.162. The third-order valence-corrected chi connectivity index (χ3v) is 7.21. The number of fused-ring (bicyclic) bond motifs is 1. The van der Waals surface area contributed by atoms with Gasteiger partial charge in [-0.1, -0.05) is 49.6 Å². The second-order valence-electron chi connectivity index (χ2n) is 9.78. The Kier molecular flexibility index (Phi) is 7.55. The molecule has 4 aromatic rings. The van der Waals surface area contributed by atoms with Gasteiger partial charge in [-0.15, -0.1) is 0 Å². The van der Waals surface area contributed by atoms with E-state index in [9.17, 15) is 4.79 Å². The van der Waals surface area contributed by atoms with Crippen molar-refractivity contribution in [3.8, 4) is 17.1 Å². The molecule has 5 rings (SSSR count). The number of rotatable bonds is 9. The van der Waals surface area contributed by atoms with Gasteiger partial charge in [-0.2, -0.15) is 5.10 Å². The molecule has 0 radical (unpaired) electrons. The smallest absolute Gasteiger partial charge is 0.277 e. The van der Waals surface area contributed by atoms with E-state index in [1.54, 1.807) is 7.11 Å². The van der Waals surface area contributed by atoms with E-state index in [1.807, 2.05) is 55.1 Å². The number of methoxy groups -OCH3 is 1. The van der Waals surface area contributed by atoms with Crippen LogP contribution in [0.15, 0.2) is 53.3 Å². The van der Waals surface area contributed by atoms with Crippen molar-refractivity contribution in [3.05, 3.63) is 70.1 Å². The van der Waals surface area contributed by atoms with Gasteiger partial charge in [-0.3, -0.25) is 9.48 Å². The van der Waals surface area contributed by atoms with Gasteiger partial charge in [0.1, 0.15) is 17.1 Å². The summed E-state index contributed by atoms with van der Waals surface area (Å²) >= 11 is 0. The first kappa shape index (κ1) is 25.0. The van der Waals surface area contributed by atoms with Crippen LogP contribution in [0.25, 0.3) is 22.4 Å². The standard InChI is InChI=1S/C29H35N5O3/c1-20-26-27(34(32-20)22-12-8-5-9-13-22)29(35)31-28(30-26)24-15-14-23(18-25(24)36-3)33(2)16-17-37-19-21-10-6-4-7-11-21/h4,6-7,10-11,14-15,18,22H,5,8-9,12-13,16-17,19H2,1-3H3,(H,30,31,35). The van der Waals surface area contributed by atoms with E-state index >= 15 is 0 Å². The summed E-state index contributed by atoms with van der Waals surface area (Å²) < 4.78 is 13.5. The Balaban J connectivity index is 1.35. The summed E-state index contributed by atoms with van der Waals surface area (Å²) in [5, 5.41) is 4.73. The van der Waals surface area contributed by atoms with Crippen molar-refractivity contribution in [1.29, 1.82) is 0 Å². The second-order valence-corrected chi connectivity index (χ2v) is 9.78. The van der Waals surface area contributed by atoms with Crippen LogP contribution in [-0.2, 0) is 11.3 Å². The van der Waals surface area contributed by atoms with E-state index in [0.29, 0.717) is 35.8 Å². The topological polar surface area (TPSA) is 85.3 Å². The Morgan fingerprint density at radius 2 is 1.89 bits per heavy atom. The first-order valence-electron chi connectivity index (χ1n) is 13.1. The molecule has 1 fully saturated rings. The summed E-state index contributed by atoms with van der Waals surface area (Å²) in [6.07, 6.45) is 5.70. The third-order valence-electron chi connectivity index (χ3n) is 7.21. The number of benzene rings is 2. The molecule has 0 bridgehead atoms. The molecule has 1 aliphatic carbocycles. The Bertz CT molecular complexity index is 1410. The molecule has 37 heavy (non-hydrogen) atoms. The Labute approximate surface area is 217 Å². The molecule has 0 atom stereocenters. The van der Waals surface area contributed by atoms with Gasteiger partial charge < -0.3 is 19.4 Å². The van der Waals surface area contributed by atoms with Gasteiger partial charge in [0.2, 0.25) is 0 Å². The molecule has 1 saturated carbocycles. The van der Waals surface area contributed by atoms with E-state index < -0.39 is 0 Å². The van der Waals surface area contributed by atoms with Crippen molar-refractivity contribution >= 4 is 16.7 Å². The van der Waals surface area contributed by atoms with Crippen molar-refractivity contribution in [1.82, 2.24) is 19.7 Å². The molecule has 1 aliphatic rings. The highest BCUT2D eigenvalue weighted by Gasteiger charge is 2.23. The van der Waals surface area contributed by atoms with Crippen LogP contribution in [0.5, 0.6) is 5.75 Å². The molecule has 0 aliphatic heterocycles. The molecule has 2 aromatic heterocycles. The number of aromatic nitrogens is 4. The zero-order chi connectivity index (χ0) is 25.8. The van der Waals surface area contributed by atoms with Gasteiger partial charge in [0.05, 0.1) is 37.6 Å². The van der Waals surface area contributed by atoms with Crippen LogP contribution in [-0.4, -0.2) is 47.1 Å². The Morgan fingerprint density at radius 3 is 2.65 bits per heavy atom. The summed E-state index contributed by atoms with van der Waals surface area (Å²) in [7, 11) is 3.66. The van der Waals surface area contributed by atoms with Crippen molar-refractivity contribution in [2.45, 2.75) is 51.7 Å². The van der Waals surface area contributed by atoms with E-state index in [0.717, 1.165) is 41.9 Å². The quantitative estimate of drug-likeness (QED) is 0.315. The number of anilines is 1. The molecule has 2 aromatic carbocycles. The molecule has 8 heteroatoms. The number of nitrogens with one attached hydrogen (secondary N) is 1. The highest BCUT2D eigenvalue weighted by atomic mass is 16.5. The fourth-order valence-corrected chi connectivity index (χ4v) is 5.12.